The first-order valence-corrected chi connectivity index (χ1v) is 15.8. The molecular weight excluding hydrogens is 627 g/mol. The Kier molecular flexibility index (Phi) is 9.57. The highest BCUT2D eigenvalue weighted by atomic mass is 35.5. The van der Waals surface area contributed by atoms with Crippen LogP contribution in [0.4, 0.5) is 23.7 Å². The molecule has 2 aromatic carbocycles. The molecule has 0 aromatic heterocycles. The molecule has 4 atom stereocenters. The smallest absolute Gasteiger partial charge is 0.408 e. The summed E-state index contributed by atoms with van der Waals surface area (Å²) in [6, 6.07) is 4.68. The Morgan fingerprint density at radius 2 is 1.61 bits per heavy atom. The normalized spacial score (nSPS) is 23.1. The first-order chi connectivity index (χ1) is 20.4. The van der Waals surface area contributed by atoms with Gasteiger partial charge in [-0.1, -0.05) is 11.6 Å². The van der Waals surface area contributed by atoms with Crippen molar-refractivity contribution in [3.8, 4) is 0 Å². The number of hydrogen-bond donors (Lipinski definition) is 4. The maximum atomic E-state index is 13.8. The molecule has 2 saturated carbocycles. The Labute approximate surface area is 257 Å². The summed E-state index contributed by atoms with van der Waals surface area (Å²) in [7, 11) is -4.12. The fraction of sp³-hybridized carbons (Fsp3) is 0.483. The molecule has 10 nitrogen and oxygen atoms in total. The molecule has 2 aromatic rings. The molecular formula is C29H33ClF3N3O7S. The molecule has 0 saturated heterocycles. The number of hydrogen-bond acceptors (Lipinski definition) is 7. The number of amides is 3. The van der Waals surface area contributed by atoms with Crippen LogP contribution in [0.1, 0.15) is 56.8 Å². The van der Waals surface area contributed by atoms with Gasteiger partial charge in [-0.05, 0) is 76.5 Å². The van der Waals surface area contributed by atoms with Gasteiger partial charge < -0.3 is 25.8 Å². The van der Waals surface area contributed by atoms with E-state index in [2.05, 4.69) is 16.0 Å². The van der Waals surface area contributed by atoms with Crippen molar-refractivity contribution in [2.75, 3.05) is 18.4 Å². The number of aliphatic hydroxyl groups is 1. The highest BCUT2D eigenvalue weighted by Crippen LogP contribution is 2.52. The number of halogens is 4. The SMILES string of the molecule is CC(C)(C)OC(=O)NCC(=O)NC[C@@]1(O)C2CC[C@H]1C[C@H](S(=O)(=O)c1cc(C(=O)Nc3cc(F)c(F)c(F)c3)ccc1Cl)C2. The summed E-state index contributed by atoms with van der Waals surface area (Å²) >= 11 is 6.25. The average Bonchev–Trinajstić information content (AvgIpc) is 3.08. The van der Waals surface area contributed by atoms with E-state index in [1.165, 1.54) is 12.1 Å². The number of nitrogens with one attached hydrogen (secondary N) is 3. The average molecular weight is 660 g/mol. The zero-order chi connectivity index (χ0) is 32.6. The topological polar surface area (TPSA) is 151 Å². The maximum absolute atomic E-state index is 13.8. The van der Waals surface area contributed by atoms with Crippen LogP contribution in [0.5, 0.6) is 0 Å². The molecule has 1 unspecified atom stereocenters. The number of carbonyl (C=O) groups is 3. The van der Waals surface area contributed by atoms with Crippen LogP contribution in [-0.2, 0) is 19.4 Å². The summed E-state index contributed by atoms with van der Waals surface area (Å²) in [5.41, 5.74) is -2.64. The minimum Gasteiger partial charge on any atom is -0.444 e. The van der Waals surface area contributed by atoms with E-state index in [0.717, 1.165) is 6.07 Å². The van der Waals surface area contributed by atoms with Gasteiger partial charge in [0.25, 0.3) is 5.91 Å². The number of fused-ring (bicyclic) bond motifs is 2. The first-order valence-electron chi connectivity index (χ1n) is 13.9. The highest BCUT2D eigenvalue weighted by molar-refractivity contribution is 7.92. The van der Waals surface area contributed by atoms with Crippen molar-refractivity contribution in [2.24, 2.45) is 11.8 Å². The number of rotatable bonds is 8. The van der Waals surface area contributed by atoms with Crippen LogP contribution in [0.2, 0.25) is 5.02 Å². The van der Waals surface area contributed by atoms with Crippen LogP contribution in [0.3, 0.4) is 0 Å². The van der Waals surface area contributed by atoms with E-state index >= 15 is 0 Å². The van der Waals surface area contributed by atoms with Crippen LogP contribution in [0, 0.1) is 29.3 Å². The lowest BCUT2D eigenvalue weighted by molar-refractivity contribution is -0.123. The van der Waals surface area contributed by atoms with Gasteiger partial charge in [0, 0.05) is 29.9 Å². The van der Waals surface area contributed by atoms with Gasteiger partial charge in [0.15, 0.2) is 27.3 Å². The number of benzene rings is 2. The summed E-state index contributed by atoms with van der Waals surface area (Å²) in [6.45, 7) is 4.53. The fourth-order valence-electron chi connectivity index (χ4n) is 5.79. The molecule has 240 valence electrons. The second kappa shape index (κ2) is 12.6. The van der Waals surface area contributed by atoms with E-state index in [0.29, 0.717) is 25.0 Å². The molecule has 2 bridgehead atoms. The van der Waals surface area contributed by atoms with Crippen LogP contribution in [0.15, 0.2) is 35.2 Å². The van der Waals surface area contributed by atoms with Crippen LogP contribution in [0.25, 0.3) is 0 Å². The summed E-state index contributed by atoms with van der Waals surface area (Å²) in [5.74, 6) is -7.10. The van der Waals surface area contributed by atoms with Gasteiger partial charge in [0.2, 0.25) is 5.91 Å². The van der Waals surface area contributed by atoms with Crippen LogP contribution < -0.4 is 16.0 Å². The summed E-state index contributed by atoms with van der Waals surface area (Å²) < 4.78 is 73.0. The van der Waals surface area contributed by atoms with Gasteiger partial charge in [-0.2, -0.15) is 0 Å². The molecule has 3 amide bonds. The molecule has 44 heavy (non-hydrogen) atoms. The van der Waals surface area contributed by atoms with Crippen molar-refractivity contribution in [3.63, 3.8) is 0 Å². The molecule has 4 N–H and O–H groups in total. The third-order valence-electron chi connectivity index (χ3n) is 7.91. The van der Waals surface area contributed by atoms with E-state index in [-0.39, 0.29) is 47.1 Å². The highest BCUT2D eigenvalue weighted by Gasteiger charge is 2.55. The quantitative estimate of drug-likeness (QED) is 0.308. The molecule has 2 fully saturated rings. The van der Waals surface area contributed by atoms with Crippen molar-refractivity contribution in [2.45, 2.75) is 67.8 Å². The summed E-state index contributed by atoms with van der Waals surface area (Å²) in [4.78, 5) is 36.6. The number of sulfone groups is 1. The maximum Gasteiger partial charge on any atom is 0.408 e. The summed E-state index contributed by atoms with van der Waals surface area (Å²) in [5, 5.41) is 17.6. The molecule has 2 aliphatic carbocycles. The monoisotopic (exact) mass is 659 g/mol. The Morgan fingerprint density at radius 3 is 2.18 bits per heavy atom. The van der Waals surface area contributed by atoms with Gasteiger partial charge in [-0.3, -0.25) is 9.59 Å². The number of ether oxygens (including phenoxy) is 1. The lowest BCUT2D eigenvalue weighted by Gasteiger charge is -2.42. The first kappa shape index (κ1) is 33.5. The second-order valence-electron chi connectivity index (χ2n) is 12.1. The predicted molar refractivity (Wildman–Crippen MR) is 154 cm³/mol. The molecule has 2 aliphatic rings. The Bertz CT molecular complexity index is 1550. The minimum absolute atomic E-state index is 0.0717. The third-order valence-corrected chi connectivity index (χ3v) is 10.6. The van der Waals surface area contributed by atoms with Gasteiger partial charge in [-0.25, -0.2) is 26.4 Å². The van der Waals surface area contributed by atoms with Gasteiger partial charge in [-0.15, -0.1) is 0 Å². The predicted octanol–water partition coefficient (Wildman–Crippen LogP) is 4.34. The molecule has 15 heteroatoms. The van der Waals surface area contributed by atoms with Crippen LogP contribution >= 0.6 is 11.6 Å². The lowest BCUT2D eigenvalue weighted by Crippen LogP contribution is -2.55. The van der Waals surface area contributed by atoms with Crippen molar-refractivity contribution in [1.29, 1.82) is 0 Å². The van der Waals surface area contributed by atoms with Crippen molar-refractivity contribution in [1.82, 2.24) is 10.6 Å². The van der Waals surface area contributed by atoms with Crippen molar-refractivity contribution in [3.05, 3.63) is 58.4 Å². The fourth-order valence-corrected chi connectivity index (χ4v) is 8.20. The van der Waals surface area contributed by atoms with E-state index in [4.69, 9.17) is 16.3 Å². The standard InChI is InChI=1S/C29H33ClF3N3O7S/c1-28(2,3)43-27(39)34-13-24(37)35-14-29(40)16-5-6-17(29)10-19(9-16)44(41,42)23-8-15(4-7-20(23)30)26(38)36-18-11-21(31)25(33)22(32)12-18/h4,7-8,11-12,16-17,19,40H,5-6,9-10,13-14H2,1-3H3,(H,34,39)(H,35,37)(H,36,38)/t16-,17?,19-,29-/m0/s1. The van der Waals surface area contributed by atoms with Crippen molar-refractivity contribution >= 4 is 45.0 Å². The summed E-state index contributed by atoms with van der Waals surface area (Å²) in [6.07, 6.45) is 0.431. The van der Waals surface area contributed by atoms with Gasteiger partial charge in [0.1, 0.15) is 5.60 Å². The molecule has 0 aliphatic heterocycles. The molecule has 0 spiro atoms. The van der Waals surface area contributed by atoms with Gasteiger partial charge >= 0.3 is 6.09 Å². The Hall–Kier alpha value is -3.36. The van der Waals surface area contributed by atoms with E-state index in [9.17, 15) is 41.1 Å². The van der Waals surface area contributed by atoms with E-state index in [1.54, 1.807) is 20.8 Å². The molecule has 0 heterocycles. The van der Waals surface area contributed by atoms with E-state index < -0.39 is 73.5 Å². The number of anilines is 1. The second-order valence-corrected chi connectivity index (χ2v) is 14.7. The Morgan fingerprint density at radius 1 is 1.02 bits per heavy atom. The third kappa shape index (κ3) is 7.29. The van der Waals surface area contributed by atoms with Gasteiger partial charge in [0.05, 0.1) is 27.3 Å². The lowest BCUT2D eigenvalue weighted by atomic mass is 9.74. The zero-order valence-corrected chi connectivity index (χ0v) is 25.8. The van der Waals surface area contributed by atoms with Crippen molar-refractivity contribution < 1.29 is 45.8 Å². The molecule has 4 rings (SSSR count). The van der Waals surface area contributed by atoms with Crippen LogP contribution in [-0.4, -0.2) is 61.0 Å². The zero-order valence-electron chi connectivity index (χ0n) is 24.2. The van der Waals surface area contributed by atoms with E-state index in [1.807, 2.05) is 0 Å². The minimum atomic E-state index is -4.12. The number of carbonyl (C=O) groups excluding carboxylic acids is 3. The largest absolute Gasteiger partial charge is 0.444 e. The Balaban J connectivity index is 1.42. The molecule has 0 radical (unpaired) electrons. The number of alkyl carbamates (subject to hydrolysis) is 1.